The van der Waals surface area contributed by atoms with Crippen molar-refractivity contribution in [1.29, 1.82) is 0 Å². The summed E-state index contributed by atoms with van der Waals surface area (Å²) in [6, 6.07) is 4.24. The summed E-state index contributed by atoms with van der Waals surface area (Å²) >= 11 is 1.76. The third-order valence-electron chi connectivity index (χ3n) is 2.94. The van der Waals surface area contributed by atoms with Gasteiger partial charge in [0.05, 0.1) is 5.69 Å². The van der Waals surface area contributed by atoms with Crippen LogP contribution >= 0.6 is 11.3 Å². The average Bonchev–Trinajstić information content (AvgIpc) is 2.77. The van der Waals surface area contributed by atoms with Gasteiger partial charge in [0.1, 0.15) is 0 Å². The summed E-state index contributed by atoms with van der Waals surface area (Å²) < 4.78 is 1.90. The lowest BCUT2D eigenvalue weighted by Gasteiger charge is -2.11. The van der Waals surface area contributed by atoms with Gasteiger partial charge in [-0.25, -0.2) is 0 Å². The Morgan fingerprint density at radius 2 is 2.25 bits per heavy atom. The Kier molecular flexibility index (Phi) is 3.12. The van der Waals surface area contributed by atoms with Crippen molar-refractivity contribution in [3.63, 3.8) is 0 Å². The van der Waals surface area contributed by atoms with Gasteiger partial charge in [0.2, 0.25) is 0 Å². The highest BCUT2D eigenvalue weighted by Crippen LogP contribution is 2.24. The first kappa shape index (κ1) is 11.4. The molecule has 0 saturated heterocycles. The van der Waals surface area contributed by atoms with Crippen molar-refractivity contribution in [2.24, 2.45) is 12.8 Å². The molecule has 1 unspecified atom stereocenters. The second kappa shape index (κ2) is 4.39. The number of aryl methyl sites for hydroxylation is 2. The molecule has 0 aliphatic heterocycles. The summed E-state index contributed by atoms with van der Waals surface area (Å²) in [5, 5.41) is 6.49. The minimum atomic E-state index is 0.0485. The molecule has 0 fully saturated rings. The second-order valence-corrected chi connectivity index (χ2v) is 5.13. The molecule has 86 valence electrons. The van der Waals surface area contributed by atoms with E-state index in [1.54, 1.807) is 11.3 Å². The molecule has 4 heteroatoms. The molecule has 3 nitrogen and oxygen atoms in total. The highest BCUT2D eigenvalue weighted by atomic mass is 32.1. The van der Waals surface area contributed by atoms with Crippen LogP contribution < -0.4 is 5.73 Å². The monoisotopic (exact) mass is 235 g/mol. The molecule has 0 amide bonds. The predicted octanol–water partition coefficient (Wildman–Crippen LogP) is 2.34. The SMILES string of the molecule is Cc1nn(C)c(C)c1C(N)Cc1cccs1. The summed E-state index contributed by atoms with van der Waals surface area (Å²) in [7, 11) is 1.96. The van der Waals surface area contributed by atoms with E-state index < -0.39 is 0 Å². The topological polar surface area (TPSA) is 43.8 Å². The highest BCUT2D eigenvalue weighted by Gasteiger charge is 2.17. The molecule has 0 radical (unpaired) electrons. The van der Waals surface area contributed by atoms with Crippen molar-refractivity contribution in [1.82, 2.24) is 9.78 Å². The maximum Gasteiger partial charge on any atom is 0.0644 e. The molecule has 0 spiro atoms. The zero-order valence-corrected chi connectivity index (χ0v) is 10.7. The quantitative estimate of drug-likeness (QED) is 0.887. The summed E-state index contributed by atoms with van der Waals surface area (Å²) in [6.07, 6.45) is 0.894. The molecule has 0 aromatic carbocycles. The average molecular weight is 235 g/mol. The Morgan fingerprint density at radius 1 is 1.50 bits per heavy atom. The number of nitrogens with two attached hydrogens (primary N) is 1. The van der Waals surface area contributed by atoms with E-state index in [0.717, 1.165) is 12.1 Å². The van der Waals surface area contributed by atoms with Crippen LogP contribution in [0, 0.1) is 13.8 Å². The number of hydrogen-bond donors (Lipinski definition) is 1. The van der Waals surface area contributed by atoms with Gasteiger partial charge in [-0.1, -0.05) is 6.07 Å². The van der Waals surface area contributed by atoms with E-state index in [4.69, 9.17) is 5.73 Å². The van der Waals surface area contributed by atoms with Crippen LogP contribution in [-0.4, -0.2) is 9.78 Å². The van der Waals surface area contributed by atoms with Crippen molar-refractivity contribution in [2.45, 2.75) is 26.3 Å². The molecule has 2 N–H and O–H groups in total. The number of rotatable bonds is 3. The number of nitrogens with zero attached hydrogens (tertiary/aromatic N) is 2. The van der Waals surface area contributed by atoms with Crippen LogP contribution in [-0.2, 0) is 13.5 Å². The first-order valence-corrected chi connectivity index (χ1v) is 6.25. The molecule has 1 atom stereocenters. The van der Waals surface area contributed by atoms with E-state index in [9.17, 15) is 0 Å². The molecule has 2 heterocycles. The van der Waals surface area contributed by atoms with Gasteiger partial charge in [-0.3, -0.25) is 4.68 Å². The third kappa shape index (κ3) is 2.03. The van der Waals surface area contributed by atoms with Crippen molar-refractivity contribution in [3.8, 4) is 0 Å². The minimum absolute atomic E-state index is 0.0485. The number of aromatic nitrogens is 2. The van der Waals surface area contributed by atoms with Crippen LogP contribution in [0.25, 0.3) is 0 Å². The Labute approximate surface area is 99.9 Å². The van der Waals surface area contributed by atoms with Crippen LogP contribution in [0.5, 0.6) is 0 Å². The molecule has 0 bridgehead atoms. The van der Waals surface area contributed by atoms with Gasteiger partial charge in [0.25, 0.3) is 0 Å². The zero-order valence-electron chi connectivity index (χ0n) is 9.90. The summed E-state index contributed by atoms with van der Waals surface area (Å²) in [5.74, 6) is 0. The van der Waals surface area contributed by atoms with Crippen LogP contribution in [0.3, 0.4) is 0 Å². The lowest BCUT2D eigenvalue weighted by molar-refractivity contribution is 0.705. The van der Waals surface area contributed by atoms with Gasteiger partial charge >= 0.3 is 0 Å². The largest absolute Gasteiger partial charge is 0.324 e. The van der Waals surface area contributed by atoms with Crippen molar-refractivity contribution >= 4 is 11.3 Å². The fourth-order valence-corrected chi connectivity index (χ4v) is 2.84. The molecule has 0 aliphatic rings. The van der Waals surface area contributed by atoms with Gasteiger partial charge in [-0.05, 0) is 25.3 Å². The minimum Gasteiger partial charge on any atom is -0.324 e. The molecule has 16 heavy (non-hydrogen) atoms. The van der Waals surface area contributed by atoms with Crippen LogP contribution in [0.2, 0.25) is 0 Å². The lowest BCUT2D eigenvalue weighted by atomic mass is 10.0. The molecule has 0 aliphatic carbocycles. The van der Waals surface area contributed by atoms with Gasteiger partial charge < -0.3 is 5.73 Å². The molecule has 2 aromatic rings. The summed E-state index contributed by atoms with van der Waals surface area (Å²) in [6.45, 7) is 4.10. The maximum absolute atomic E-state index is 6.25. The van der Waals surface area contributed by atoms with Gasteiger partial charge in [0.15, 0.2) is 0 Å². The lowest BCUT2D eigenvalue weighted by Crippen LogP contribution is -2.14. The van der Waals surface area contributed by atoms with Crippen molar-refractivity contribution < 1.29 is 0 Å². The maximum atomic E-state index is 6.25. The number of thiophene rings is 1. The smallest absolute Gasteiger partial charge is 0.0644 e. The standard InChI is InChI=1S/C12H17N3S/c1-8-12(9(2)15(3)14-8)11(13)7-10-5-4-6-16-10/h4-6,11H,7,13H2,1-3H3. The van der Waals surface area contributed by atoms with Crippen molar-refractivity contribution in [2.75, 3.05) is 0 Å². The fourth-order valence-electron chi connectivity index (χ4n) is 2.07. The third-order valence-corrected chi connectivity index (χ3v) is 3.84. The second-order valence-electron chi connectivity index (χ2n) is 4.10. The van der Waals surface area contributed by atoms with Gasteiger partial charge in [-0.2, -0.15) is 5.10 Å². The fraction of sp³-hybridized carbons (Fsp3) is 0.417. The van der Waals surface area contributed by atoms with Crippen LogP contribution in [0.4, 0.5) is 0 Å². The van der Waals surface area contributed by atoms with Gasteiger partial charge in [0, 0.05) is 35.6 Å². The Balaban J connectivity index is 2.24. The van der Waals surface area contributed by atoms with E-state index in [1.165, 1.54) is 16.1 Å². The van der Waals surface area contributed by atoms with Crippen LogP contribution in [0.1, 0.15) is 27.9 Å². The molecule has 2 aromatic heterocycles. The predicted molar refractivity (Wildman–Crippen MR) is 67.6 cm³/mol. The summed E-state index contributed by atoms with van der Waals surface area (Å²) in [4.78, 5) is 1.33. The Bertz CT molecular complexity index is 471. The molecular formula is C12H17N3S. The highest BCUT2D eigenvalue weighted by molar-refractivity contribution is 7.09. The van der Waals surface area contributed by atoms with Crippen molar-refractivity contribution in [3.05, 3.63) is 39.3 Å². The van der Waals surface area contributed by atoms with E-state index in [1.807, 2.05) is 18.7 Å². The summed E-state index contributed by atoms with van der Waals surface area (Å²) in [5.41, 5.74) is 9.66. The molecule has 0 saturated carbocycles. The Morgan fingerprint density at radius 3 is 2.75 bits per heavy atom. The van der Waals surface area contributed by atoms with E-state index in [0.29, 0.717) is 0 Å². The first-order chi connectivity index (χ1) is 7.59. The van der Waals surface area contributed by atoms with Gasteiger partial charge in [-0.15, -0.1) is 11.3 Å². The molecule has 2 rings (SSSR count). The number of hydrogen-bond acceptors (Lipinski definition) is 3. The molecular weight excluding hydrogens is 218 g/mol. The van der Waals surface area contributed by atoms with E-state index >= 15 is 0 Å². The zero-order chi connectivity index (χ0) is 11.7. The first-order valence-electron chi connectivity index (χ1n) is 5.37. The van der Waals surface area contributed by atoms with Crippen LogP contribution in [0.15, 0.2) is 17.5 Å². The van der Waals surface area contributed by atoms with E-state index in [-0.39, 0.29) is 6.04 Å². The van der Waals surface area contributed by atoms with E-state index in [2.05, 4.69) is 29.5 Å². The normalized spacial score (nSPS) is 13.0. The Hall–Kier alpha value is -1.13.